The van der Waals surface area contributed by atoms with Crippen molar-refractivity contribution < 1.29 is 14.1 Å². The van der Waals surface area contributed by atoms with E-state index in [9.17, 15) is 14.5 Å². The number of aromatic nitrogens is 2. The number of anilines is 5. The summed E-state index contributed by atoms with van der Waals surface area (Å²) in [5.41, 5.74) is 6.35. The van der Waals surface area contributed by atoms with Crippen LogP contribution < -0.4 is 21.1 Å². The summed E-state index contributed by atoms with van der Waals surface area (Å²) in [5, 5.41) is 17.1. The van der Waals surface area contributed by atoms with Gasteiger partial charge >= 0.3 is 5.69 Å². The molecular weight excluding hydrogens is 367 g/mol. The van der Waals surface area contributed by atoms with E-state index in [1.807, 2.05) is 6.92 Å². The van der Waals surface area contributed by atoms with Gasteiger partial charge in [-0.2, -0.15) is 9.97 Å². The molecule has 0 amide bonds. The summed E-state index contributed by atoms with van der Waals surface area (Å²) in [7, 11) is 0. The molecule has 0 saturated carbocycles. The fourth-order valence-electron chi connectivity index (χ4n) is 2.40. The third-order valence-corrected chi connectivity index (χ3v) is 3.62. The first-order valence-electron chi connectivity index (χ1n) is 8.30. The fourth-order valence-corrected chi connectivity index (χ4v) is 2.40. The van der Waals surface area contributed by atoms with Gasteiger partial charge < -0.3 is 21.1 Å². The minimum Gasteiger partial charge on any atom is -0.494 e. The second-order valence-corrected chi connectivity index (χ2v) is 5.60. The van der Waals surface area contributed by atoms with Gasteiger partial charge in [0, 0.05) is 11.4 Å². The summed E-state index contributed by atoms with van der Waals surface area (Å²) in [6.45, 7) is 2.43. The van der Waals surface area contributed by atoms with Crippen LogP contribution in [0.4, 0.5) is 39.0 Å². The number of rotatable bonds is 7. The van der Waals surface area contributed by atoms with Gasteiger partial charge in [-0.3, -0.25) is 10.1 Å². The maximum atomic E-state index is 13.1. The molecule has 3 aromatic rings. The summed E-state index contributed by atoms with van der Waals surface area (Å²) < 4.78 is 18.5. The topological polar surface area (TPSA) is 128 Å². The SMILES string of the molecule is CCOc1ccc(Nc2nc(N)c([N+](=O)[O-])c(Nc3ccc(F)cc3)n2)cc1. The number of nitro groups is 1. The Morgan fingerprint density at radius 1 is 1.07 bits per heavy atom. The summed E-state index contributed by atoms with van der Waals surface area (Å²) in [6.07, 6.45) is 0. The smallest absolute Gasteiger partial charge is 0.353 e. The molecule has 0 spiro atoms. The zero-order valence-corrected chi connectivity index (χ0v) is 14.8. The van der Waals surface area contributed by atoms with Gasteiger partial charge in [0.1, 0.15) is 11.6 Å². The van der Waals surface area contributed by atoms with Gasteiger partial charge in [-0.05, 0) is 55.5 Å². The van der Waals surface area contributed by atoms with Crippen LogP contribution in [0.5, 0.6) is 5.75 Å². The van der Waals surface area contributed by atoms with Crippen molar-refractivity contribution in [3.05, 3.63) is 64.5 Å². The van der Waals surface area contributed by atoms with Gasteiger partial charge in [0.15, 0.2) is 0 Å². The number of halogens is 1. The summed E-state index contributed by atoms with van der Waals surface area (Å²) >= 11 is 0. The zero-order chi connectivity index (χ0) is 20.1. The lowest BCUT2D eigenvalue weighted by molar-refractivity contribution is -0.383. The van der Waals surface area contributed by atoms with E-state index >= 15 is 0 Å². The molecule has 2 aromatic carbocycles. The molecule has 9 nitrogen and oxygen atoms in total. The normalized spacial score (nSPS) is 10.4. The summed E-state index contributed by atoms with van der Waals surface area (Å²) in [5.74, 6) is -0.0802. The van der Waals surface area contributed by atoms with Crippen LogP contribution in [0.25, 0.3) is 0 Å². The van der Waals surface area contributed by atoms with Crippen molar-refractivity contribution in [2.45, 2.75) is 6.92 Å². The predicted octanol–water partition coefficient (Wildman–Crippen LogP) is 3.99. The number of ether oxygens (including phenoxy) is 1. The molecule has 0 bridgehead atoms. The molecule has 0 saturated heterocycles. The average Bonchev–Trinajstić information content (AvgIpc) is 2.65. The second kappa shape index (κ2) is 8.16. The Labute approximate surface area is 159 Å². The highest BCUT2D eigenvalue weighted by atomic mass is 19.1. The zero-order valence-electron chi connectivity index (χ0n) is 14.8. The molecule has 3 rings (SSSR count). The molecular formula is C18H17FN6O3. The minimum atomic E-state index is -0.679. The lowest BCUT2D eigenvalue weighted by Gasteiger charge is -2.11. The highest BCUT2D eigenvalue weighted by Crippen LogP contribution is 2.32. The van der Waals surface area contributed by atoms with Crippen LogP contribution in [0.15, 0.2) is 48.5 Å². The highest BCUT2D eigenvalue weighted by Gasteiger charge is 2.23. The Bertz CT molecular complexity index is 980. The lowest BCUT2D eigenvalue weighted by atomic mass is 10.3. The summed E-state index contributed by atoms with van der Waals surface area (Å²) in [6, 6.07) is 12.3. The van der Waals surface area contributed by atoms with E-state index in [2.05, 4.69) is 20.6 Å². The molecule has 0 aliphatic heterocycles. The molecule has 0 radical (unpaired) electrons. The van der Waals surface area contributed by atoms with Crippen LogP contribution in [0.3, 0.4) is 0 Å². The van der Waals surface area contributed by atoms with Crippen molar-refractivity contribution in [1.29, 1.82) is 0 Å². The molecule has 1 heterocycles. The third-order valence-electron chi connectivity index (χ3n) is 3.62. The van der Waals surface area contributed by atoms with Gasteiger partial charge in [0.2, 0.25) is 17.6 Å². The first-order valence-corrected chi connectivity index (χ1v) is 8.30. The molecule has 1 aromatic heterocycles. The molecule has 0 atom stereocenters. The average molecular weight is 384 g/mol. The van der Waals surface area contributed by atoms with E-state index in [-0.39, 0.29) is 17.6 Å². The lowest BCUT2D eigenvalue weighted by Crippen LogP contribution is -2.08. The van der Waals surface area contributed by atoms with E-state index in [1.54, 1.807) is 24.3 Å². The molecule has 0 aliphatic rings. The number of hydrogen-bond donors (Lipinski definition) is 3. The van der Waals surface area contributed by atoms with Crippen molar-refractivity contribution in [2.75, 3.05) is 23.0 Å². The molecule has 10 heteroatoms. The molecule has 144 valence electrons. The van der Waals surface area contributed by atoms with Gasteiger partial charge in [0.25, 0.3) is 0 Å². The Kier molecular flexibility index (Phi) is 5.49. The summed E-state index contributed by atoms with van der Waals surface area (Å²) in [4.78, 5) is 18.8. The van der Waals surface area contributed by atoms with Crippen molar-refractivity contribution in [2.24, 2.45) is 0 Å². The third kappa shape index (κ3) is 4.41. The fraction of sp³-hybridized carbons (Fsp3) is 0.111. The van der Waals surface area contributed by atoms with E-state index in [0.717, 1.165) is 0 Å². The van der Waals surface area contributed by atoms with E-state index in [1.165, 1.54) is 24.3 Å². The standard InChI is InChI=1S/C18H17FN6O3/c1-2-28-14-9-7-13(8-10-14)22-18-23-16(20)15(25(26)27)17(24-18)21-12-5-3-11(19)4-6-12/h3-10H,2H2,1H3,(H4,20,21,22,23,24). The van der Waals surface area contributed by atoms with Gasteiger partial charge in [-0.1, -0.05) is 0 Å². The number of nitrogens with one attached hydrogen (secondary N) is 2. The van der Waals surface area contributed by atoms with Crippen LogP contribution in [0.2, 0.25) is 0 Å². The molecule has 0 unspecified atom stereocenters. The Balaban J connectivity index is 1.90. The predicted molar refractivity (Wildman–Crippen MR) is 104 cm³/mol. The van der Waals surface area contributed by atoms with Crippen molar-refractivity contribution in [1.82, 2.24) is 9.97 Å². The van der Waals surface area contributed by atoms with Crippen LogP contribution >= 0.6 is 0 Å². The van der Waals surface area contributed by atoms with Gasteiger partial charge in [-0.15, -0.1) is 0 Å². The van der Waals surface area contributed by atoms with Crippen molar-refractivity contribution in [3.63, 3.8) is 0 Å². The quantitative estimate of drug-likeness (QED) is 0.412. The second-order valence-electron chi connectivity index (χ2n) is 5.60. The van der Waals surface area contributed by atoms with Crippen LogP contribution in [0.1, 0.15) is 6.92 Å². The number of nitrogens with two attached hydrogens (primary N) is 1. The maximum absolute atomic E-state index is 13.1. The highest BCUT2D eigenvalue weighted by molar-refractivity contribution is 5.75. The van der Waals surface area contributed by atoms with E-state index in [0.29, 0.717) is 23.7 Å². The number of nitrogens with zero attached hydrogens (tertiary/aromatic N) is 3. The Hall–Kier alpha value is -3.95. The monoisotopic (exact) mass is 384 g/mol. The van der Waals surface area contributed by atoms with Gasteiger partial charge in [-0.25, -0.2) is 4.39 Å². The molecule has 0 aliphatic carbocycles. The van der Waals surface area contributed by atoms with Crippen LogP contribution in [-0.2, 0) is 0 Å². The van der Waals surface area contributed by atoms with Crippen molar-refractivity contribution in [3.8, 4) is 5.75 Å². The minimum absolute atomic E-state index is 0.0665. The van der Waals surface area contributed by atoms with Crippen molar-refractivity contribution >= 4 is 34.6 Å². The number of benzene rings is 2. The molecule has 4 N–H and O–H groups in total. The van der Waals surface area contributed by atoms with Gasteiger partial charge in [0.05, 0.1) is 11.5 Å². The molecule has 28 heavy (non-hydrogen) atoms. The first-order chi connectivity index (χ1) is 13.5. The Morgan fingerprint density at radius 2 is 1.68 bits per heavy atom. The van der Waals surface area contributed by atoms with Crippen LogP contribution in [0, 0.1) is 15.9 Å². The largest absolute Gasteiger partial charge is 0.494 e. The van der Waals surface area contributed by atoms with Crippen LogP contribution in [-0.4, -0.2) is 21.5 Å². The Morgan fingerprint density at radius 3 is 2.29 bits per heavy atom. The first kappa shape index (κ1) is 18.8. The maximum Gasteiger partial charge on any atom is 0.353 e. The van der Waals surface area contributed by atoms with E-state index < -0.39 is 16.4 Å². The molecule has 0 fully saturated rings. The number of nitrogen functional groups attached to an aromatic ring is 1. The van der Waals surface area contributed by atoms with E-state index in [4.69, 9.17) is 10.5 Å². The number of hydrogen-bond acceptors (Lipinski definition) is 8.